The van der Waals surface area contributed by atoms with Crippen LogP contribution in [0.3, 0.4) is 0 Å². The summed E-state index contributed by atoms with van der Waals surface area (Å²) < 4.78 is 23.0. The Morgan fingerprint density at radius 2 is 2.03 bits per heavy atom. The molecule has 0 aliphatic carbocycles. The maximum atomic E-state index is 15.2. The quantitative estimate of drug-likeness (QED) is 0.513. The van der Waals surface area contributed by atoms with Gasteiger partial charge in [0.15, 0.2) is 11.6 Å². The molecule has 0 amide bonds. The van der Waals surface area contributed by atoms with E-state index < -0.39 is 5.82 Å². The summed E-state index contributed by atoms with van der Waals surface area (Å²) in [5, 5.41) is 4.09. The van der Waals surface area contributed by atoms with Gasteiger partial charge in [0.1, 0.15) is 23.6 Å². The van der Waals surface area contributed by atoms with Crippen LogP contribution in [0.5, 0.6) is 11.6 Å². The average molecular weight is 431 g/mol. The largest absolute Gasteiger partial charge is 0.436 e. The lowest BCUT2D eigenvalue weighted by molar-refractivity contribution is 0.420. The lowest BCUT2D eigenvalue weighted by Crippen LogP contribution is -2.57. The van der Waals surface area contributed by atoms with E-state index in [9.17, 15) is 0 Å². The van der Waals surface area contributed by atoms with Gasteiger partial charge in [0, 0.05) is 43.5 Å². The number of hydrogen-bond acceptors (Lipinski definition) is 7. The predicted molar refractivity (Wildman–Crippen MR) is 120 cm³/mol. The monoisotopic (exact) mass is 431 g/mol. The molecule has 4 aromatic rings. The highest BCUT2D eigenvalue weighted by Gasteiger charge is 2.36. The van der Waals surface area contributed by atoms with E-state index >= 15 is 4.39 Å². The number of nitrogens with zero attached hydrogens (tertiary/aromatic N) is 5. The molecule has 2 aliphatic rings. The number of halogens is 1. The van der Waals surface area contributed by atoms with Crippen LogP contribution in [0.25, 0.3) is 22.2 Å². The van der Waals surface area contributed by atoms with E-state index in [4.69, 9.17) is 10.5 Å². The molecule has 0 atom stereocenters. The summed E-state index contributed by atoms with van der Waals surface area (Å²) >= 11 is 0. The number of aryl methyl sites for hydroxylation is 1. The van der Waals surface area contributed by atoms with E-state index in [1.807, 2.05) is 25.1 Å². The van der Waals surface area contributed by atoms with E-state index in [0.717, 1.165) is 54.3 Å². The molecule has 32 heavy (non-hydrogen) atoms. The van der Waals surface area contributed by atoms with Gasteiger partial charge in [-0.1, -0.05) is 12.1 Å². The highest BCUT2D eigenvalue weighted by Crippen LogP contribution is 2.45. The lowest BCUT2D eigenvalue weighted by atomic mass is 10.0. The Kier molecular flexibility index (Phi) is 4.25. The number of anilines is 2. The molecule has 2 aliphatic heterocycles. The van der Waals surface area contributed by atoms with Gasteiger partial charge in [0.25, 0.3) is 0 Å². The van der Waals surface area contributed by atoms with Crippen molar-refractivity contribution >= 4 is 22.7 Å². The maximum absolute atomic E-state index is 15.2. The van der Waals surface area contributed by atoms with Crippen LogP contribution in [0.1, 0.15) is 5.69 Å². The van der Waals surface area contributed by atoms with Crippen molar-refractivity contribution in [3.63, 3.8) is 0 Å². The van der Waals surface area contributed by atoms with Gasteiger partial charge in [-0.15, -0.1) is 0 Å². The van der Waals surface area contributed by atoms with E-state index in [1.54, 1.807) is 12.1 Å². The summed E-state index contributed by atoms with van der Waals surface area (Å²) in [6.07, 6.45) is 1.48. The van der Waals surface area contributed by atoms with Gasteiger partial charge in [0.2, 0.25) is 5.88 Å². The van der Waals surface area contributed by atoms with E-state index in [2.05, 4.69) is 29.7 Å². The summed E-state index contributed by atoms with van der Waals surface area (Å²) in [6.45, 7) is 5.40. The molecule has 1 saturated heterocycles. The summed E-state index contributed by atoms with van der Waals surface area (Å²) in [4.78, 5) is 15.4. The minimum atomic E-state index is -0.468. The summed E-state index contributed by atoms with van der Waals surface area (Å²) in [5.41, 5.74) is 9.44. The Bertz CT molecular complexity index is 1350. The summed E-state index contributed by atoms with van der Waals surface area (Å²) in [5.74, 6) is 1.42. The Labute approximate surface area is 183 Å². The number of benzene rings is 1. The van der Waals surface area contributed by atoms with Gasteiger partial charge in [-0.3, -0.25) is 0 Å². The zero-order valence-electron chi connectivity index (χ0n) is 17.5. The first-order valence-corrected chi connectivity index (χ1v) is 10.6. The van der Waals surface area contributed by atoms with Gasteiger partial charge in [-0.25, -0.2) is 19.3 Å². The predicted octanol–water partition coefficient (Wildman–Crippen LogP) is 3.11. The number of hydrogen-bond donors (Lipinski definition) is 2. The maximum Gasteiger partial charge on any atom is 0.219 e. The first kappa shape index (κ1) is 19.0. The molecule has 5 heterocycles. The van der Waals surface area contributed by atoms with Crippen molar-refractivity contribution in [2.24, 2.45) is 0 Å². The standard InChI is InChI=1S/C23H22FN7O/c1-13-3-2-4-18(29-13)32-17-6-5-14(9-16(17)24)19-20-21(25)27-12-28-22(20)31-8-7-30(23(19)31)15-10-26-11-15/h2-6,9,12,15,26H,7-8,10-11H2,1H3,(H2,25,27,28). The van der Waals surface area contributed by atoms with Crippen molar-refractivity contribution in [2.75, 3.05) is 30.3 Å². The second kappa shape index (κ2) is 7.16. The van der Waals surface area contributed by atoms with Crippen molar-refractivity contribution in [1.29, 1.82) is 0 Å². The number of pyridine rings is 1. The Morgan fingerprint density at radius 3 is 2.78 bits per heavy atom. The topological polar surface area (TPSA) is 94.1 Å². The molecular formula is C23H22FN7O. The fraction of sp³-hybridized carbons (Fsp3) is 0.261. The Morgan fingerprint density at radius 1 is 1.16 bits per heavy atom. The average Bonchev–Trinajstić information content (AvgIpc) is 3.28. The highest BCUT2D eigenvalue weighted by atomic mass is 19.1. The lowest BCUT2D eigenvalue weighted by Gasteiger charge is -2.37. The minimum absolute atomic E-state index is 0.122. The highest BCUT2D eigenvalue weighted by molar-refractivity contribution is 6.07. The van der Waals surface area contributed by atoms with Gasteiger partial charge < -0.3 is 25.3 Å². The molecular weight excluding hydrogens is 409 g/mol. The molecule has 8 nitrogen and oxygen atoms in total. The zero-order chi connectivity index (χ0) is 21.8. The number of nitrogen functional groups attached to an aromatic ring is 1. The third-order valence-corrected chi connectivity index (χ3v) is 6.18. The smallest absolute Gasteiger partial charge is 0.219 e. The van der Waals surface area contributed by atoms with Crippen LogP contribution in [0.2, 0.25) is 0 Å². The molecule has 0 radical (unpaired) electrons. The molecule has 1 aromatic carbocycles. The van der Waals surface area contributed by atoms with E-state index in [-0.39, 0.29) is 5.75 Å². The van der Waals surface area contributed by atoms with Crippen LogP contribution >= 0.6 is 0 Å². The molecule has 1 fully saturated rings. The molecule has 0 unspecified atom stereocenters. The van der Waals surface area contributed by atoms with Crippen molar-refractivity contribution in [3.05, 3.63) is 54.2 Å². The van der Waals surface area contributed by atoms with Crippen molar-refractivity contribution in [1.82, 2.24) is 24.8 Å². The van der Waals surface area contributed by atoms with Gasteiger partial charge in [-0.2, -0.15) is 0 Å². The number of fused-ring (bicyclic) bond motifs is 3. The van der Waals surface area contributed by atoms with Crippen molar-refractivity contribution < 1.29 is 9.13 Å². The van der Waals surface area contributed by atoms with Crippen molar-refractivity contribution in [3.8, 4) is 22.8 Å². The number of ether oxygens (including phenoxy) is 1. The molecule has 0 saturated carbocycles. The number of aromatic nitrogens is 4. The van der Waals surface area contributed by atoms with Gasteiger partial charge >= 0.3 is 0 Å². The van der Waals surface area contributed by atoms with Crippen LogP contribution in [0.15, 0.2) is 42.7 Å². The van der Waals surface area contributed by atoms with E-state index in [0.29, 0.717) is 23.3 Å². The SMILES string of the molecule is Cc1cccc(Oc2ccc(-c3c4n(c5ncnc(N)c35)CCN4C3CNC3)cc2F)n1. The number of nitrogens with one attached hydrogen (secondary N) is 1. The second-order valence-corrected chi connectivity index (χ2v) is 8.18. The first-order valence-electron chi connectivity index (χ1n) is 10.6. The van der Waals surface area contributed by atoms with Crippen LogP contribution in [-0.2, 0) is 6.54 Å². The molecule has 3 aromatic heterocycles. The first-order chi connectivity index (χ1) is 15.6. The Balaban J connectivity index is 1.47. The molecule has 9 heteroatoms. The summed E-state index contributed by atoms with van der Waals surface area (Å²) in [7, 11) is 0. The normalized spacial score (nSPS) is 15.8. The van der Waals surface area contributed by atoms with Crippen molar-refractivity contribution in [2.45, 2.75) is 19.5 Å². The number of rotatable bonds is 4. The molecule has 3 N–H and O–H groups in total. The van der Waals surface area contributed by atoms with Gasteiger partial charge in [0.05, 0.1) is 11.4 Å². The molecule has 162 valence electrons. The molecule has 0 bridgehead atoms. The fourth-order valence-electron chi connectivity index (χ4n) is 4.55. The number of nitrogens with two attached hydrogens (primary N) is 1. The van der Waals surface area contributed by atoms with Crippen LogP contribution < -0.4 is 20.7 Å². The summed E-state index contributed by atoms with van der Waals surface area (Å²) in [6, 6.07) is 10.8. The van der Waals surface area contributed by atoms with E-state index in [1.165, 1.54) is 12.4 Å². The van der Waals surface area contributed by atoms with Crippen LogP contribution in [0.4, 0.5) is 16.0 Å². The Hall–Kier alpha value is -3.72. The second-order valence-electron chi connectivity index (χ2n) is 8.18. The van der Waals surface area contributed by atoms with Crippen LogP contribution in [0, 0.1) is 12.7 Å². The third-order valence-electron chi connectivity index (χ3n) is 6.18. The minimum Gasteiger partial charge on any atom is -0.436 e. The molecule has 6 rings (SSSR count). The zero-order valence-corrected chi connectivity index (χ0v) is 17.5. The third kappa shape index (κ3) is 2.89. The van der Waals surface area contributed by atoms with Crippen LogP contribution in [-0.4, -0.2) is 45.2 Å². The van der Waals surface area contributed by atoms with Gasteiger partial charge in [-0.05, 0) is 30.7 Å². The molecule has 0 spiro atoms. The fourth-order valence-corrected chi connectivity index (χ4v) is 4.55.